The number of carboxylic acids is 1. The van der Waals surface area contributed by atoms with Gasteiger partial charge in [-0.1, -0.05) is 13.8 Å². The van der Waals surface area contributed by atoms with Gasteiger partial charge in [-0.15, -0.1) is 11.8 Å². The van der Waals surface area contributed by atoms with Gasteiger partial charge in [0.25, 0.3) is 5.91 Å². The highest BCUT2D eigenvalue weighted by Crippen LogP contribution is 2.45. The summed E-state index contributed by atoms with van der Waals surface area (Å²) in [6.45, 7) is 3.37. The second-order valence-electron chi connectivity index (χ2n) is 4.99. The number of methoxy groups -OCH3 is 1. The third kappa shape index (κ3) is 1.87. The van der Waals surface area contributed by atoms with Gasteiger partial charge >= 0.3 is 5.97 Å². The molecule has 110 valence electrons. The number of rotatable bonds is 4. The summed E-state index contributed by atoms with van der Waals surface area (Å²) in [5.41, 5.74) is 4.18. The van der Waals surface area contributed by atoms with Crippen molar-refractivity contribution in [3.8, 4) is 0 Å². The molecule has 0 bridgehead atoms. The molecule has 1 fully saturated rings. The number of carbonyl (C=O) groups excluding carboxylic acids is 2. The van der Waals surface area contributed by atoms with Gasteiger partial charge in [0.1, 0.15) is 11.1 Å². The van der Waals surface area contributed by atoms with E-state index in [1.165, 1.54) is 18.9 Å². The predicted molar refractivity (Wildman–Crippen MR) is 71.5 cm³/mol. The van der Waals surface area contributed by atoms with Crippen LogP contribution in [0.3, 0.4) is 0 Å². The summed E-state index contributed by atoms with van der Waals surface area (Å²) in [7, 11) is 1.30. The number of carboxylic acid groups (broad SMARTS) is 1. The number of Topliss-reactive ketones (excluding diaryl/α,β-unsaturated/α-hetero) is 1. The minimum absolute atomic E-state index is 0.153. The number of hydrogen-bond donors (Lipinski definition) is 2. The summed E-state index contributed by atoms with van der Waals surface area (Å²) in [4.78, 5) is 36.6. The highest BCUT2D eigenvalue weighted by atomic mass is 32.2. The van der Waals surface area contributed by atoms with Crippen LogP contribution in [0.15, 0.2) is 11.3 Å². The van der Waals surface area contributed by atoms with Crippen molar-refractivity contribution in [2.24, 2.45) is 11.7 Å². The zero-order chi connectivity index (χ0) is 15.2. The van der Waals surface area contributed by atoms with Gasteiger partial charge in [0.05, 0.1) is 0 Å². The Bertz CT molecular complexity index is 530. The summed E-state index contributed by atoms with van der Waals surface area (Å²) < 4.78 is 4.99. The van der Waals surface area contributed by atoms with E-state index in [4.69, 9.17) is 10.5 Å². The first-order valence-electron chi connectivity index (χ1n) is 6.05. The fraction of sp³-hybridized carbons (Fsp3) is 0.583. The van der Waals surface area contributed by atoms with Gasteiger partial charge in [-0.25, -0.2) is 4.79 Å². The highest BCUT2D eigenvalue weighted by Gasteiger charge is 2.64. The molecule has 1 amide bonds. The van der Waals surface area contributed by atoms with Crippen molar-refractivity contribution >= 4 is 29.4 Å². The number of β-lactam (4-membered cyclic amide) rings is 1. The lowest BCUT2D eigenvalue weighted by molar-refractivity contribution is -0.182. The molecule has 20 heavy (non-hydrogen) atoms. The van der Waals surface area contributed by atoms with Gasteiger partial charge in [-0.3, -0.25) is 20.2 Å². The largest absolute Gasteiger partial charge is 0.477 e. The average molecular weight is 300 g/mol. The first kappa shape index (κ1) is 15.0. The molecule has 2 atom stereocenters. The number of ketones is 1. The molecule has 0 spiro atoms. The Morgan fingerprint density at radius 1 is 1.55 bits per heavy atom. The number of amides is 1. The van der Waals surface area contributed by atoms with Crippen molar-refractivity contribution in [1.82, 2.24) is 4.90 Å². The number of aliphatic carboxylic acids is 1. The van der Waals surface area contributed by atoms with E-state index >= 15 is 0 Å². The van der Waals surface area contributed by atoms with Crippen LogP contribution in [0.25, 0.3) is 0 Å². The molecule has 7 nitrogen and oxygen atoms in total. The van der Waals surface area contributed by atoms with E-state index in [2.05, 4.69) is 0 Å². The Balaban J connectivity index is 2.46. The molecule has 0 aliphatic carbocycles. The van der Waals surface area contributed by atoms with Crippen molar-refractivity contribution in [2.75, 3.05) is 12.9 Å². The lowest BCUT2D eigenvalue weighted by Crippen LogP contribution is -2.78. The van der Waals surface area contributed by atoms with Gasteiger partial charge in [0, 0.05) is 24.4 Å². The van der Waals surface area contributed by atoms with Crippen LogP contribution in [-0.2, 0) is 19.1 Å². The summed E-state index contributed by atoms with van der Waals surface area (Å²) in [5, 5.41) is 8.71. The number of ether oxygens (including phenoxy) is 1. The maximum absolute atomic E-state index is 12.1. The van der Waals surface area contributed by atoms with Gasteiger partial charge in [0.2, 0.25) is 5.72 Å². The van der Waals surface area contributed by atoms with Gasteiger partial charge < -0.3 is 9.84 Å². The number of nitrogens with two attached hydrogens (primary N) is 1. The molecule has 0 aromatic carbocycles. The van der Waals surface area contributed by atoms with E-state index in [1.54, 1.807) is 13.8 Å². The Morgan fingerprint density at radius 2 is 2.15 bits per heavy atom. The Morgan fingerprint density at radius 3 is 2.60 bits per heavy atom. The van der Waals surface area contributed by atoms with Crippen molar-refractivity contribution in [3.05, 3.63) is 11.3 Å². The molecule has 0 radical (unpaired) electrons. The van der Waals surface area contributed by atoms with Gasteiger partial charge in [-0.2, -0.15) is 0 Å². The Hall–Kier alpha value is -1.38. The maximum atomic E-state index is 12.1. The predicted octanol–water partition coefficient (Wildman–Crippen LogP) is -0.233. The van der Waals surface area contributed by atoms with Crippen LogP contribution in [-0.4, -0.2) is 51.6 Å². The Labute approximate surface area is 120 Å². The van der Waals surface area contributed by atoms with E-state index in [0.717, 1.165) is 4.90 Å². The lowest BCUT2D eigenvalue weighted by atomic mass is 9.95. The van der Waals surface area contributed by atoms with Crippen molar-refractivity contribution in [2.45, 2.75) is 24.9 Å². The number of carbonyl (C=O) groups is 3. The molecule has 8 heteroatoms. The number of thioether (sulfide) groups is 1. The van der Waals surface area contributed by atoms with Crippen LogP contribution in [0, 0.1) is 5.92 Å². The average Bonchev–Trinajstić information content (AvgIpc) is 2.43. The molecule has 2 heterocycles. The topological polar surface area (TPSA) is 110 Å². The van der Waals surface area contributed by atoms with Gasteiger partial charge in [0.15, 0.2) is 5.78 Å². The smallest absolute Gasteiger partial charge is 0.353 e. The number of hydrogen-bond acceptors (Lipinski definition) is 6. The third-order valence-corrected chi connectivity index (χ3v) is 4.76. The molecule has 0 aromatic heterocycles. The summed E-state index contributed by atoms with van der Waals surface area (Å²) in [5.74, 6) is -2.34. The zero-order valence-corrected chi connectivity index (χ0v) is 12.2. The van der Waals surface area contributed by atoms with E-state index in [0.29, 0.717) is 0 Å². The van der Waals surface area contributed by atoms with Crippen LogP contribution in [0.5, 0.6) is 0 Å². The summed E-state index contributed by atoms with van der Waals surface area (Å²) in [6.07, 6.45) is 0. The van der Waals surface area contributed by atoms with Gasteiger partial charge in [-0.05, 0) is 0 Å². The molecular formula is C12H16N2O5S. The molecule has 1 unspecified atom stereocenters. The minimum Gasteiger partial charge on any atom is -0.477 e. The van der Waals surface area contributed by atoms with E-state index < -0.39 is 23.0 Å². The van der Waals surface area contributed by atoms with E-state index in [-0.39, 0.29) is 28.7 Å². The van der Waals surface area contributed by atoms with Crippen LogP contribution in [0.2, 0.25) is 0 Å². The molecule has 1 saturated heterocycles. The fourth-order valence-electron chi connectivity index (χ4n) is 2.28. The molecule has 2 aliphatic heterocycles. The Kier molecular flexibility index (Phi) is 3.66. The van der Waals surface area contributed by atoms with Crippen LogP contribution in [0.1, 0.15) is 13.8 Å². The lowest BCUT2D eigenvalue weighted by Gasteiger charge is -2.54. The second-order valence-corrected chi connectivity index (χ2v) is 6.06. The maximum Gasteiger partial charge on any atom is 0.353 e. The molecule has 2 rings (SSSR count). The molecule has 0 aromatic rings. The highest BCUT2D eigenvalue weighted by molar-refractivity contribution is 8.00. The number of nitrogens with zero attached hydrogens (tertiary/aromatic N) is 1. The normalized spacial score (nSPS) is 29.4. The van der Waals surface area contributed by atoms with Crippen molar-refractivity contribution in [1.29, 1.82) is 0 Å². The first-order valence-corrected chi connectivity index (χ1v) is 7.10. The minimum atomic E-state index is -1.52. The SMILES string of the molecule is COC1(N)C(=O)N2C(C(=O)O)=C(C(=O)C(C)C)CS[C@@H]21. The fourth-order valence-corrected chi connectivity index (χ4v) is 3.67. The monoisotopic (exact) mass is 300 g/mol. The molecule has 0 saturated carbocycles. The van der Waals surface area contributed by atoms with Crippen molar-refractivity contribution in [3.63, 3.8) is 0 Å². The van der Waals surface area contributed by atoms with Crippen molar-refractivity contribution < 1.29 is 24.2 Å². The van der Waals surface area contributed by atoms with Crippen LogP contribution < -0.4 is 5.73 Å². The van der Waals surface area contributed by atoms with E-state index in [1.807, 2.05) is 0 Å². The first-order chi connectivity index (χ1) is 9.25. The zero-order valence-electron chi connectivity index (χ0n) is 11.4. The standard InChI is InChI=1S/C12H16N2O5S/c1-5(2)8(15)6-4-20-11-12(13,19-3)10(18)14(11)7(6)9(16)17/h5,11H,4,13H2,1-3H3,(H,16,17)/t11-,12?/m1/s1. The molecule has 3 N–H and O–H groups in total. The quantitative estimate of drug-likeness (QED) is 0.545. The second kappa shape index (κ2) is 4.87. The van der Waals surface area contributed by atoms with E-state index in [9.17, 15) is 19.5 Å². The molecule has 2 aliphatic rings. The summed E-state index contributed by atoms with van der Waals surface area (Å²) in [6, 6.07) is 0. The van der Waals surface area contributed by atoms with Crippen LogP contribution in [0.4, 0.5) is 0 Å². The third-order valence-electron chi connectivity index (χ3n) is 3.43. The van der Waals surface area contributed by atoms with Crippen LogP contribution >= 0.6 is 11.8 Å². The number of fused-ring (bicyclic) bond motifs is 1. The molecular weight excluding hydrogens is 284 g/mol. The summed E-state index contributed by atoms with van der Waals surface area (Å²) >= 11 is 1.24.